The molecular weight excluding hydrogens is 272 g/mol. The normalized spacial score (nSPS) is 31.4. The summed E-state index contributed by atoms with van der Waals surface area (Å²) < 4.78 is 5.23. The molecule has 5 heteroatoms. The Morgan fingerprint density at radius 3 is 2.05 bits per heavy atom. The fraction of sp³-hybridized carbons (Fsp3) is 0.812. The number of Topliss-reactive ketones (excluding diaryl/α,β-unsaturated/α-hetero) is 2. The number of ketones is 2. The van der Waals surface area contributed by atoms with Gasteiger partial charge in [-0.25, -0.2) is 0 Å². The first-order valence-electron chi connectivity index (χ1n) is 7.27. The van der Waals surface area contributed by atoms with Crippen LogP contribution < -0.4 is 0 Å². The molecule has 2 atom stereocenters. The van der Waals surface area contributed by atoms with Crippen molar-refractivity contribution in [3.8, 4) is 0 Å². The summed E-state index contributed by atoms with van der Waals surface area (Å²) in [6, 6.07) is 0. The van der Waals surface area contributed by atoms with E-state index in [-0.39, 0.29) is 18.1 Å². The zero-order valence-electron chi connectivity index (χ0n) is 13.9. The summed E-state index contributed by atoms with van der Waals surface area (Å²) >= 11 is 0. The standard InChI is InChI=1S/C16H26O5/c1-9(2)8-16(20)12(19)14(4,5)11(18)15(6,7)13(16)21-10(3)17/h9,13,20H,8H2,1-7H3/t13-,16-/m0/s1. The number of aliphatic hydroxyl groups is 1. The molecule has 0 radical (unpaired) electrons. The van der Waals surface area contributed by atoms with E-state index in [4.69, 9.17) is 4.74 Å². The predicted octanol–water partition coefficient (Wildman–Crippen LogP) is 1.90. The van der Waals surface area contributed by atoms with Crippen molar-refractivity contribution in [1.82, 2.24) is 0 Å². The van der Waals surface area contributed by atoms with Gasteiger partial charge < -0.3 is 9.84 Å². The van der Waals surface area contributed by atoms with Crippen LogP contribution in [0.25, 0.3) is 0 Å². The topological polar surface area (TPSA) is 80.7 Å². The summed E-state index contributed by atoms with van der Waals surface area (Å²) in [6.07, 6.45) is -1.03. The lowest BCUT2D eigenvalue weighted by molar-refractivity contribution is -0.206. The summed E-state index contributed by atoms with van der Waals surface area (Å²) in [4.78, 5) is 36.7. The number of esters is 1. The van der Waals surface area contributed by atoms with E-state index < -0.39 is 34.3 Å². The molecule has 1 saturated carbocycles. The molecule has 1 N–H and O–H groups in total. The third-order valence-electron chi connectivity index (χ3n) is 4.21. The van der Waals surface area contributed by atoms with Crippen molar-refractivity contribution in [2.45, 2.75) is 66.6 Å². The third-order valence-corrected chi connectivity index (χ3v) is 4.21. The number of carbonyl (C=O) groups is 3. The summed E-state index contributed by atoms with van der Waals surface area (Å²) in [6.45, 7) is 11.2. The van der Waals surface area contributed by atoms with Gasteiger partial charge in [-0.1, -0.05) is 13.8 Å². The molecule has 120 valence electrons. The maximum Gasteiger partial charge on any atom is 0.303 e. The smallest absolute Gasteiger partial charge is 0.303 e. The molecule has 1 aliphatic rings. The molecule has 0 spiro atoms. The molecule has 1 aliphatic carbocycles. The average molecular weight is 298 g/mol. The van der Waals surface area contributed by atoms with Crippen molar-refractivity contribution in [1.29, 1.82) is 0 Å². The molecule has 1 fully saturated rings. The van der Waals surface area contributed by atoms with Gasteiger partial charge in [-0.15, -0.1) is 0 Å². The summed E-state index contributed by atoms with van der Waals surface area (Å²) in [7, 11) is 0. The number of hydrogen-bond acceptors (Lipinski definition) is 5. The number of hydrogen-bond donors (Lipinski definition) is 1. The van der Waals surface area contributed by atoms with E-state index in [2.05, 4.69) is 0 Å². The highest BCUT2D eigenvalue weighted by molar-refractivity contribution is 6.15. The monoisotopic (exact) mass is 298 g/mol. The van der Waals surface area contributed by atoms with Crippen molar-refractivity contribution in [3.05, 3.63) is 0 Å². The van der Waals surface area contributed by atoms with Crippen LogP contribution in [0.3, 0.4) is 0 Å². The van der Waals surface area contributed by atoms with Crippen LogP contribution in [0.4, 0.5) is 0 Å². The van der Waals surface area contributed by atoms with Crippen molar-refractivity contribution in [2.75, 3.05) is 0 Å². The highest BCUT2D eigenvalue weighted by atomic mass is 16.6. The van der Waals surface area contributed by atoms with Crippen LogP contribution in [0.5, 0.6) is 0 Å². The first kappa shape index (κ1) is 17.8. The van der Waals surface area contributed by atoms with Gasteiger partial charge >= 0.3 is 5.97 Å². The van der Waals surface area contributed by atoms with Gasteiger partial charge in [0.15, 0.2) is 17.2 Å². The minimum Gasteiger partial charge on any atom is -0.458 e. The average Bonchev–Trinajstić information content (AvgIpc) is 2.31. The SMILES string of the molecule is CC(=O)O[C@H]1C(C)(C)C(=O)C(C)(C)C(=O)[C@@]1(O)CC(C)C. The second-order valence-electron chi connectivity index (χ2n) is 7.52. The lowest BCUT2D eigenvalue weighted by atomic mass is 9.54. The van der Waals surface area contributed by atoms with Gasteiger partial charge in [0.05, 0.1) is 10.8 Å². The van der Waals surface area contributed by atoms with E-state index in [0.29, 0.717) is 0 Å². The lowest BCUT2D eigenvalue weighted by Crippen LogP contribution is -2.70. The Bertz CT molecular complexity index is 475. The van der Waals surface area contributed by atoms with Gasteiger partial charge in [-0.05, 0) is 40.0 Å². The molecule has 0 unspecified atom stereocenters. The van der Waals surface area contributed by atoms with Gasteiger partial charge in [0.25, 0.3) is 0 Å². The van der Waals surface area contributed by atoms with E-state index >= 15 is 0 Å². The molecule has 0 aromatic heterocycles. The van der Waals surface area contributed by atoms with Crippen LogP contribution in [0.2, 0.25) is 0 Å². The lowest BCUT2D eigenvalue weighted by Gasteiger charge is -2.51. The van der Waals surface area contributed by atoms with E-state index in [0.717, 1.165) is 0 Å². The molecular formula is C16H26O5. The highest BCUT2D eigenvalue weighted by Crippen LogP contribution is 2.48. The van der Waals surface area contributed by atoms with E-state index in [1.807, 2.05) is 13.8 Å². The molecule has 21 heavy (non-hydrogen) atoms. The predicted molar refractivity (Wildman–Crippen MR) is 77.5 cm³/mol. The number of ether oxygens (including phenoxy) is 1. The fourth-order valence-corrected chi connectivity index (χ4v) is 3.52. The number of rotatable bonds is 3. The summed E-state index contributed by atoms with van der Waals surface area (Å²) in [5.41, 5.74) is -4.28. The van der Waals surface area contributed by atoms with Crippen molar-refractivity contribution < 1.29 is 24.2 Å². The van der Waals surface area contributed by atoms with Gasteiger partial charge in [0, 0.05) is 6.92 Å². The third kappa shape index (κ3) is 2.76. The van der Waals surface area contributed by atoms with Crippen LogP contribution in [0.1, 0.15) is 54.9 Å². The largest absolute Gasteiger partial charge is 0.458 e. The molecule has 0 aromatic carbocycles. The van der Waals surface area contributed by atoms with Gasteiger partial charge in [-0.2, -0.15) is 0 Å². The highest BCUT2D eigenvalue weighted by Gasteiger charge is 2.66. The Hall–Kier alpha value is -1.23. The zero-order chi connectivity index (χ0) is 16.8. The molecule has 0 saturated heterocycles. The molecule has 1 rings (SSSR count). The van der Waals surface area contributed by atoms with Crippen molar-refractivity contribution >= 4 is 17.5 Å². The second kappa shape index (κ2) is 5.20. The van der Waals surface area contributed by atoms with E-state index in [1.165, 1.54) is 20.8 Å². The molecule has 0 heterocycles. The van der Waals surface area contributed by atoms with E-state index in [1.54, 1.807) is 13.8 Å². The maximum atomic E-state index is 12.7. The fourth-order valence-electron chi connectivity index (χ4n) is 3.52. The first-order valence-corrected chi connectivity index (χ1v) is 7.27. The molecule has 5 nitrogen and oxygen atoms in total. The number of carbonyl (C=O) groups excluding carboxylic acids is 3. The minimum atomic E-state index is -1.85. The van der Waals surface area contributed by atoms with Crippen LogP contribution in [-0.4, -0.2) is 34.3 Å². The zero-order valence-corrected chi connectivity index (χ0v) is 13.9. The van der Waals surface area contributed by atoms with Gasteiger partial charge in [-0.3, -0.25) is 14.4 Å². The van der Waals surface area contributed by atoms with Crippen molar-refractivity contribution in [2.24, 2.45) is 16.7 Å². The van der Waals surface area contributed by atoms with Crippen molar-refractivity contribution in [3.63, 3.8) is 0 Å². The van der Waals surface area contributed by atoms with Crippen LogP contribution in [0.15, 0.2) is 0 Å². The Labute approximate surface area is 126 Å². The van der Waals surface area contributed by atoms with Crippen LogP contribution >= 0.6 is 0 Å². The Morgan fingerprint density at radius 1 is 1.19 bits per heavy atom. The molecule has 0 bridgehead atoms. The van der Waals surface area contributed by atoms with Crippen LogP contribution in [-0.2, 0) is 19.1 Å². The summed E-state index contributed by atoms with van der Waals surface area (Å²) in [5.74, 6) is -1.49. The Balaban J connectivity index is 3.49. The second-order valence-corrected chi connectivity index (χ2v) is 7.52. The molecule has 0 amide bonds. The van der Waals surface area contributed by atoms with E-state index in [9.17, 15) is 19.5 Å². The first-order chi connectivity index (χ1) is 9.27. The maximum absolute atomic E-state index is 12.7. The summed E-state index contributed by atoms with van der Waals surface area (Å²) in [5, 5.41) is 11.0. The minimum absolute atomic E-state index is 0.0109. The quantitative estimate of drug-likeness (QED) is 0.636. The van der Waals surface area contributed by atoms with Gasteiger partial charge in [0.1, 0.15) is 6.10 Å². The van der Waals surface area contributed by atoms with Crippen LogP contribution in [0, 0.1) is 16.7 Å². The Kier molecular flexibility index (Phi) is 4.41. The van der Waals surface area contributed by atoms with Gasteiger partial charge in [0.2, 0.25) is 0 Å². The Morgan fingerprint density at radius 2 is 1.67 bits per heavy atom. The molecule has 0 aliphatic heterocycles. The molecule has 0 aromatic rings.